The Morgan fingerprint density at radius 3 is 2.34 bits per heavy atom. The first-order valence-electron chi connectivity index (χ1n) is 10.4. The lowest BCUT2D eigenvalue weighted by atomic mass is 10.0. The highest BCUT2D eigenvalue weighted by Crippen LogP contribution is 2.41. The number of nitrogens with one attached hydrogen (secondary N) is 1. The lowest BCUT2D eigenvalue weighted by molar-refractivity contribution is 0.0693. The molecule has 0 fully saturated rings. The second kappa shape index (κ2) is 9.26. The molecule has 3 N–H and O–H groups in total. The van der Waals surface area contributed by atoms with Crippen molar-refractivity contribution >= 4 is 5.97 Å². The van der Waals surface area contributed by atoms with E-state index >= 15 is 0 Å². The molecule has 0 amide bonds. The fraction of sp³-hybridized carbons (Fsp3) is 0.160. The average Bonchev–Trinajstić information content (AvgIpc) is 3.30. The lowest BCUT2D eigenvalue weighted by Gasteiger charge is -2.13. The molecule has 4 aromatic rings. The van der Waals surface area contributed by atoms with Gasteiger partial charge in [0.1, 0.15) is 34.3 Å². The maximum atomic E-state index is 12.3. The van der Waals surface area contributed by atoms with Crippen molar-refractivity contribution in [3.8, 4) is 57.1 Å². The van der Waals surface area contributed by atoms with Crippen LogP contribution >= 0.6 is 0 Å². The van der Waals surface area contributed by atoms with Crippen LogP contribution in [0, 0.1) is 6.92 Å². The van der Waals surface area contributed by atoms with Crippen molar-refractivity contribution in [2.75, 3.05) is 21.3 Å². The highest BCUT2D eigenvalue weighted by atomic mass is 16.5. The molecule has 0 radical (unpaired) electrons. The molecule has 2 heterocycles. The SMILES string of the molecule is COc1ccc(-c2nc(-c3ccc(OC)c(OC)c3C(=O)O)[nH]c2-c2oc(C)cc(=O)c2O)cc1. The number of aromatic carboxylic acids is 1. The molecule has 4 rings (SSSR count). The van der Waals surface area contributed by atoms with Gasteiger partial charge in [-0.3, -0.25) is 4.79 Å². The van der Waals surface area contributed by atoms with Crippen molar-refractivity contribution in [3.63, 3.8) is 0 Å². The number of H-pyrrole nitrogens is 1. The number of aryl methyl sites for hydroxylation is 1. The summed E-state index contributed by atoms with van der Waals surface area (Å²) in [5.74, 6) is -0.703. The molecule has 0 atom stereocenters. The molecule has 10 nitrogen and oxygen atoms in total. The van der Waals surface area contributed by atoms with Crippen LogP contribution in [0.5, 0.6) is 23.0 Å². The summed E-state index contributed by atoms with van der Waals surface area (Å²) in [7, 11) is 4.28. The number of ether oxygens (including phenoxy) is 3. The number of aromatic amines is 1. The lowest BCUT2D eigenvalue weighted by Crippen LogP contribution is -2.05. The van der Waals surface area contributed by atoms with E-state index < -0.39 is 17.1 Å². The number of benzene rings is 2. The Bertz CT molecular complexity index is 1470. The first kappa shape index (κ1) is 23.4. The summed E-state index contributed by atoms with van der Waals surface area (Å²) in [4.78, 5) is 32.1. The van der Waals surface area contributed by atoms with Gasteiger partial charge in [-0.1, -0.05) is 0 Å². The molecule has 0 unspecified atom stereocenters. The van der Waals surface area contributed by atoms with Crippen LogP contribution in [0.1, 0.15) is 16.1 Å². The quantitative estimate of drug-likeness (QED) is 0.357. The van der Waals surface area contributed by atoms with E-state index in [0.29, 0.717) is 17.0 Å². The van der Waals surface area contributed by atoms with E-state index in [1.54, 1.807) is 37.3 Å². The number of carboxylic acid groups (broad SMARTS) is 1. The van der Waals surface area contributed by atoms with Crippen LogP contribution in [0.3, 0.4) is 0 Å². The number of imidazole rings is 1. The first-order valence-corrected chi connectivity index (χ1v) is 10.4. The smallest absolute Gasteiger partial charge is 0.340 e. The van der Waals surface area contributed by atoms with E-state index in [-0.39, 0.29) is 45.7 Å². The minimum Gasteiger partial charge on any atom is -0.501 e. The van der Waals surface area contributed by atoms with Gasteiger partial charge in [0.2, 0.25) is 11.2 Å². The monoisotopic (exact) mass is 478 g/mol. The average molecular weight is 478 g/mol. The van der Waals surface area contributed by atoms with Gasteiger partial charge >= 0.3 is 5.97 Å². The summed E-state index contributed by atoms with van der Waals surface area (Å²) in [5.41, 5.74) is 0.503. The molecule has 0 aliphatic carbocycles. The van der Waals surface area contributed by atoms with Gasteiger partial charge in [-0.25, -0.2) is 9.78 Å². The first-order chi connectivity index (χ1) is 16.8. The Morgan fingerprint density at radius 2 is 1.74 bits per heavy atom. The second-order valence-electron chi connectivity index (χ2n) is 7.47. The molecule has 2 aromatic heterocycles. The minimum atomic E-state index is -1.26. The number of carbonyl (C=O) groups is 1. The van der Waals surface area contributed by atoms with E-state index in [9.17, 15) is 19.8 Å². The fourth-order valence-corrected chi connectivity index (χ4v) is 3.73. The van der Waals surface area contributed by atoms with Gasteiger partial charge in [0.05, 0.1) is 21.3 Å². The number of aromatic nitrogens is 2. The third-order valence-corrected chi connectivity index (χ3v) is 5.35. The molecule has 0 aliphatic rings. The van der Waals surface area contributed by atoms with Crippen LogP contribution in [0.2, 0.25) is 0 Å². The van der Waals surface area contributed by atoms with E-state index in [1.807, 2.05) is 0 Å². The molecule has 0 spiro atoms. The number of rotatable bonds is 7. The van der Waals surface area contributed by atoms with E-state index in [0.717, 1.165) is 0 Å². The number of hydrogen-bond donors (Lipinski definition) is 3. The zero-order valence-corrected chi connectivity index (χ0v) is 19.3. The summed E-state index contributed by atoms with van der Waals surface area (Å²) in [6.45, 7) is 1.57. The maximum Gasteiger partial charge on any atom is 0.340 e. The largest absolute Gasteiger partial charge is 0.501 e. The highest BCUT2D eigenvalue weighted by Gasteiger charge is 2.27. The molecule has 0 bridgehead atoms. The number of aromatic hydroxyl groups is 1. The van der Waals surface area contributed by atoms with Crippen LogP contribution < -0.4 is 19.6 Å². The zero-order chi connectivity index (χ0) is 25.3. The molecule has 10 heteroatoms. The fourth-order valence-electron chi connectivity index (χ4n) is 3.73. The maximum absolute atomic E-state index is 12.3. The van der Waals surface area contributed by atoms with Gasteiger partial charge in [0.25, 0.3) is 0 Å². The van der Waals surface area contributed by atoms with Crippen LogP contribution in [0.15, 0.2) is 51.7 Å². The van der Waals surface area contributed by atoms with Gasteiger partial charge in [-0.2, -0.15) is 0 Å². The molecule has 35 heavy (non-hydrogen) atoms. The molecular weight excluding hydrogens is 456 g/mol. The van der Waals surface area contributed by atoms with Crippen molar-refractivity contribution in [1.29, 1.82) is 0 Å². The zero-order valence-electron chi connectivity index (χ0n) is 19.3. The predicted octanol–water partition coefficient (Wildman–Crippen LogP) is 4.10. The van der Waals surface area contributed by atoms with E-state index in [4.69, 9.17) is 18.6 Å². The molecule has 0 aliphatic heterocycles. The normalized spacial score (nSPS) is 10.7. The van der Waals surface area contributed by atoms with Crippen molar-refractivity contribution in [2.24, 2.45) is 0 Å². The predicted molar refractivity (Wildman–Crippen MR) is 126 cm³/mol. The molecule has 180 valence electrons. The van der Waals surface area contributed by atoms with Crippen LogP contribution in [0.25, 0.3) is 34.1 Å². The van der Waals surface area contributed by atoms with Crippen LogP contribution in [-0.4, -0.2) is 47.5 Å². The number of hydrogen-bond acceptors (Lipinski definition) is 8. The third kappa shape index (κ3) is 4.17. The summed E-state index contributed by atoms with van der Waals surface area (Å²) >= 11 is 0. The van der Waals surface area contributed by atoms with Gasteiger partial charge in [-0.15, -0.1) is 0 Å². The Balaban J connectivity index is 2.03. The number of nitrogens with zero attached hydrogens (tertiary/aromatic N) is 1. The van der Waals surface area contributed by atoms with Crippen molar-refractivity contribution in [2.45, 2.75) is 6.92 Å². The Kier molecular flexibility index (Phi) is 6.20. The second-order valence-corrected chi connectivity index (χ2v) is 7.47. The third-order valence-electron chi connectivity index (χ3n) is 5.35. The molecule has 0 saturated carbocycles. The van der Waals surface area contributed by atoms with Crippen molar-refractivity contribution < 1.29 is 33.6 Å². The Hall–Kier alpha value is -4.73. The Morgan fingerprint density at radius 1 is 1.03 bits per heavy atom. The highest BCUT2D eigenvalue weighted by molar-refractivity contribution is 5.99. The van der Waals surface area contributed by atoms with Crippen LogP contribution in [-0.2, 0) is 0 Å². The van der Waals surface area contributed by atoms with Crippen molar-refractivity contribution in [3.05, 3.63) is 64.0 Å². The molecule has 2 aromatic carbocycles. The number of carboxylic acids is 1. The van der Waals surface area contributed by atoms with E-state index in [1.165, 1.54) is 33.5 Å². The van der Waals surface area contributed by atoms with Gasteiger partial charge < -0.3 is 33.8 Å². The standard InChI is InChI=1S/C25H22N2O8/c1-12-11-16(28)21(29)23(35-12)20-19(13-5-7-14(32-2)8-6-13)26-24(27-20)15-9-10-17(33-3)22(34-4)18(15)25(30)31/h5-11,29H,1-4H3,(H,26,27)(H,30,31). The summed E-state index contributed by atoms with van der Waals surface area (Å²) in [5, 5.41) is 20.5. The number of methoxy groups -OCH3 is 3. The minimum absolute atomic E-state index is 0.0198. The van der Waals surface area contributed by atoms with Crippen LogP contribution in [0.4, 0.5) is 0 Å². The van der Waals surface area contributed by atoms with Gasteiger partial charge in [-0.05, 0) is 43.3 Å². The topological polar surface area (TPSA) is 144 Å². The molecule has 0 saturated heterocycles. The summed E-state index contributed by atoms with van der Waals surface area (Å²) in [6.07, 6.45) is 0. The van der Waals surface area contributed by atoms with Crippen molar-refractivity contribution in [1.82, 2.24) is 9.97 Å². The summed E-state index contributed by atoms with van der Waals surface area (Å²) < 4.78 is 21.4. The summed E-state index contributed by atoms with van der Waals surface area (Å²) in [6, 6.07) is 11.2. The molecular formula is C25H22N2O8. The van der Waals surface area contributed by atoms with Gasteiger partial charge in [0, 0.05) is 17.2 Å². The Labute approximate surface area is 199 Å². The van der Waals surface area contributed by atoms with Gasteiger partial charge in [0.15, 0.2) is 17.3 Å². The van der Waals surface area contributed by atoms with E-state index in [2.05, 4.69) is 9.97 Å².